The molecule has 112 valence electrons. The molecule has 0 radical (unpaired) electrons. The predicted molar refractivity (Wildman–Crippen MR) is 77.1 cm³/mol. The second kappa shape index (κ2) is 5.06. The van der Waals surface area contributed by atoms with Gasteiger partial charge >= 0.3 is 11.9 Å². The predicted octanol–water partition coefficient (Wildman–Crippen LogP) is 1.64. The summed E-state index contributed by atoms with van der Waals surface area (Å²) < 4.78 is 9.90. The Bertz CT molecular complexity index is 585. The first-order chi connectivity index (χ1) is 10.1. The Kier molecular flexibility index (Phi) is 3.35. The Morgan fingerprint density at radius 2 is 2.05 bits per heavy atom. The SMILES string of the molecule is COC(=O)C[C@]1(C(=O)OC)c2ccccc2N2CCC[C@H]21. The lowest BCUT2D eigenvalue weighted by Crippen LogP contribution is -2.49. The van der Waals surface area contributed by atoms with E-state index in [1.807, 2.05) is 24.3 Å². The van der Waals surface area contributed by atoms with Crippen LogP contribution in [0, 0.1) is 0 Å². The third-order valence-corrected chi connectivity index (χ3v) is 4.72. The first-order valence-corrected chi connectivity index (χ1v) is 7.16. The van der Waals surface area contributed by atoms with E-state index in [9.17, 15) is 9.59 Å². The molecule has 0 bridgehead atoms. The maximum absolute atomic E-state index is 12.6. The van der Waals surface area contributed by atoms with Gasteiger partial charge in [-0.15, -0.1) is 0 Å². The maximum Gasteiger partial charge on any atom is 0.319 e. The summed E-state index contributed by atoms with van der Waals surface area (Å²) in [4.78, 5) is 26.8. The molecule has 2 aliphatic rings. The van der Waals surface area contributed by atoms with E-state index in [2.05, 4.69) is 4.90 Å². The van der Waals surface area contributed by atoms with E-state index in [0.29, 0.717) is 0 Å². The highest BCUT2D eigenvalue weighted by atomic mass is 16.5. The van der Waals surface area contributed by atoms with E-state index in [1.165, 1.54) is 14.2 Å². The number of ether oxygens (including phenoxy) is 2. The van der Waals surface area contributed by atoms with Gasteiger partial charge < -0.3 is 14.4 Å². The number of hydrogen-bond acceptors (Lipinski definition) is 5. The van der Waals surface area contributed by atoms with Gasteiger partial charge in [-0.05, 0) is 24.5 Å². The summed E-state index contributed by atoms with van der Waals surface area (Å²) in [6.07, 6.45) is 1.91. The normalized spacial score (nSPS) is 26.2. The number of benzene rings is 1. The van der Waals surface area contributed by atoms with Gasteiger partial charge in [0.25, 0.3) is 0 Å². The number of rotatable bonds is 3. The van der Waals surface area contributed by atoms with Gasteiger partial charge in [0.2, 0.25) is 0 Å². The van der Waals surface area contributed by atoms with Crippen molar-refractivity contribution in [3.05, 3.63) is 29.8 Å². The quantitative estimate of drug-likeness (QED) is 0.792. The monoisotopic (exact) mass is 289 g/mol. The van der Waals surface area contributed by atoms with Gasteiger partial charge in [0.1, 0.15) is 5.41 Å². The summed E-state index contributed by atoms with van der Waals surface area (Å²) >= 11 is 0. The highest BCUT2D eigenvalue weighted by molar-refractivity contribution is 5.94. The van der Waals surface area contributed by atoms with Crippen molar-refractivity contribution >= 4 is 17.6 Å². The molecule has 1 aromatic rings. The molecule has 2 atom stereocenters. The van der Waals surface area contributed by atoms with E-state index in [-0.39, 0.29) is 24.4 Å². The number of esters is 2. The minimum absolute atomic E-state index is 0.0222. The zero-order valence-electron chi connectivity index (χ0n) is 12.3. The second-order valence-electron chi connectivity index (χ2n) is 5.58. The molecule has 0 aromatic heterocycles. The second-order valence-corrected chi connectivity index (χ2v) is 5.58. The van der Waals surface area contributed by atoms with Crippen LogP contribution in [0.4, 0.5) is 5.69 Å². The molecule has 3 rings (SSSR count). The molecule has 0 spiro atoms. The lowest BCUT2D eigenvalue weighted by atomic mass is 9.73. The summed E-state index contributed by atoms with van der Waals surface area (Å²) in [6.45, 7) is 0.904. The minimum Gasteiger partial charge on any atom is -0.469 e. The van der Waals surface area contributed by atoms with Crippen LogP contribution in [0.1, 0.15) is 24.8 Å². The summed E-state index contributed by atoms with van der Waals surface area (Å²) in [7, 11) is 2.72. The van der Waals surface area contributed by atoms with Crippen LogP contribution in [-0.4, -0.2) is 38.7 Å². The molecule has 2 aliphatic heterocycles. The van der Waals surface area contributed by atoms with Crippen LogP contribution in [0.5, 0.6) is 0 Å². The van der Waals surface area contributed by atoms with Crippen LogP contribution in [-0.2, 0) is 24.5 Å². The number of nitrogens with zero attached hydrogens (tertiary/aromatic N) is 1. The summed E-state index contributed by atoms with van der Waals surface area (Å²) in [6, 6.07) is 7.76. The Balaban J connectivity index is 2.17. The molecular formula is C16H19NO4. The Morgan fingerprint density at radius 3 is 2.76 bits per heavy atom. The number of hydrogen-bond donors (Lipinski definition) is 0. The fraction of sp³-hybridized carbons (Fsp3) is 0.500. The van der Waals surface area contributed by atoms with Gasteiger partial charge in [0, 0.05) is 18.3 Å². The van der Waals surface area contributed by atoms with Crippen molar-refractivity contribution < 1.29 is 19.1 Å². The third kappa shape index (κ3) is 1.83. The Morgan fingerprint density at radius 1 is 1.29 bits per heavy atom. The van der Waals surface area contributed by atoms with Crippen LogP contribution in [0.25, 0.3) is 0 Å². The lowest BCUT2D eigenvalue weighted by molar-refractivity contribution is -0.154. The van der Waals surface area contributed by atoms with E-state index in [0.717, 1.165) is 30.6 Å². The molecule has 2 heterocycles. The Labute approximate surface area is 123 Å². The topological polar surface area (TPSA) is 55.8 Å². The molecule has 21 heavy (non-hydrogen) atoms. The van der Waals surface area contributed by atoms with Crippen LogP contribution in [0.15, 0.2) is 24.3 Å². The molecule has 0 aliphatic carbocycles. The minimum atomic E-state index is -0.949. The first kappa shape index (κ1) is 13.9. The van der Waals surface area contributed by atoms with Gasteiger partial charge in [-0.2, -0.15) is 0 Å². The number of carbonyl (C=O) groups excluding carboxylic acids is 2. The van der Waals surface area contributed by atoms with Gasteiger partial charge in [0.15, 0.2) is 0 Å². The Hall–Kier alpha value is -2.04. The lowest BCUT2D eigenvalue weighted by Gasteiger charge is -2.32. The number of fused-ring (bicyclic) bond motifs is 3. The molecule has 0 N–H and O–H groups in total. The zero-order chi connectivity index (χ0) is 15.0. The highest BCUT2D eigenvalue weighted by Crippen LogP contribution is 2.52. The van der Waals surface area contributed by atoms with E-state index < -0.39 is 5.41 Å². The largest absolute Gasteiger partial charge is 0.469 e. The summed E-state index contributed by atoms with van der Waals surface area (Å²) in [5, 5.41) is 0. The molecule has 1 fully saturated rings. The van der Waals surface area contributed by atoms with Crippen molar-refractivity contribution in [2.75, 3.05) is 25.7 Å². The fourth-order valence-corrected chi connectivity index (χ4v) is 3.86. The average molecular weight is 289 g/mol. The van der Waals surface area contributed by atoms with Crippen molar-refractivity contribution in [3.63, 3.8) is 0 Å². The summed E-state index contributed by atoms with van der Waals surface area (Å²) in [5.41, 5.74) is 0.968. The van der Waals surface area contributed by atoms with Crippen molar-refractivity contribution in [3.8, 4) is 0 Å². The van der Waals surface area contributed by atoms with Gasteiger partial charge in [-0.25, -0.2) is 0 Å². The number of para-hydroxylation sites is 1. The highest BCUT2D eigenvalue weighted by Gasteiger charge is 2.59. The number of anilines is 1. The third-order valence-electron chi connectivity index (χ3n) is 4.72. The van der Waals surface area contributed by atoms with Crippen molar-refractivity contribution in [1.29, 1.82) is 0 Å². The van der Waals surface area contributed by atoms with Crippen LogP contribution in [0.2, 0.25) is 0 Å². The van der Waals surface area contributed by atoms with E-state index in [1.54, 1.807) is 0 Å². The molecular weight excluding hydrogens is 270 g/mol. The fourth-order valence-electron chi connectivity index (χ4n) is 3.86. The van der Waals surface area contributed by atoms with E-state index >= 15 is 0 Å². The summed E-state index contributed by atoms with van der Waals surface area (Å²) in [5.74, 6) is -0.737. The molecule has 0 saturated carbocycles. The number of methoxy groups -OCH3 is 2. The smallest absolute Gasteiger partial charge is 0.319 e. The van der Waals surface area contributed by atoms with Gasteiger partial charge in [-0.1, -0.05) is 18.2 Å². The molecule has 0 unspecified atom stereocenters. The van der Waals surface area contributed by atoms with Crippen LogP contribution in [0.3, 0.4) is 0 Å². The van der Waals surface area contributed by atoms with Gasteiger partial charge in [0.05, 0.1) is 20.6 Å². The maximum atomic E-state index is 12.6. The molecule has 1 saturated heterocycles. The molecule has 0 amide bonds. The first-order valence-electron chi connectivity index (χ1n) is 7.16. The number of carbonyl (C=O) groups is 2. The van der Waals surface area contributed by atoms with Crippen molar-refractivity contribution in [2.45, 2.75) is 30.7 Å². The zero-order valence-corrected chi connectivity index (χ0v) is 12.3. The van der Waals surface area contributed by atoms with Crippen LogP contribution >= 0.6 is 0 Å². The average Bonchev–Trinajstić information content (AvgIpc) is 3.09. The molecule has 5 nitrogen and oxygen atoms in total. The van der Waals surface area contributed by atoms with Gasteiger partial charge in [-0.3, -0.25) is 9.59 Å². The van der Waals surface area contributed by atoms with Crippen molar-refractivity contribution in [1.82, 2.24) is 0 Å². The van der Waals surface area contributed by atoms with Crippen molar-refractivity contribution in [2.24, 2.45) is 0 Å². The van der Waals surface area contributed by atoms with Crippen LogP contribution < -0.4 is 4.90 Å². The molecule has 1 aromatic carbocycles. The van der Waals surface area contributed by atoms with E-state index in [4.69, 9.17) is 9.47 Å². The molecule has 5 heteroatoms. The standard InChI is InChI=1S/C16H19NO4/c1-20-14(18)10-16(15(19)21-2)11-6-3-4-7-12(11)17-9-5-8-13(16)17/h3-4,6-7,13H,5,8-10H2,1-2H3/t13-,16-/m0/s1.